The summed E-state index contributed by atoms with van der Waals surface area (Å²) in [5.41, 5.74) is 2.84. The number of phenolic OH excluding ortho intramolecular Hbond substituents is 1. The van der Waals surface area contributed by atoms with Crippen LogP contribution in [-0.4, -0.2) is 32.8 Å². The zero-order valence-electron chi connectivity index (χ0n) is 22.2. The average Bonchev–Trinajstić information content (AvgIpc) is 2.81. The molecule has 0 aromatic heterocycles. The van der Waals surface area contributed by atoms with E-state index in [0.717, 1.165) is 46.4 Å². The van der Waals surface area contributed by atoms with Gasteiger partial charge in [-0.15, -0.1) is 11.8 Å². The molecule has 0 amide bonds. The van der Waals surface area contributed by atoms with Gasteiger partial charge in [-0.3, -0.25) is 9.59 Å². The summed E-state index contributed by atoms with van der Waals surface area (Å²) in [5, 5.41) is 18.4. The van der Waals surface area contributed by atoms with Crippen LogP contribution in [0.4, 0.5) is 0 Å². The quantitative estimate of drug-likeness (QED) is 0.217. The van der Waals surface area contributed by atoms with E-state index in [1.807, 2.05) is 31.2 Å². The van der Waals surface area contributed by atoms with Crippen molar-refractivity contribution in [3.63, 3.8) is 0 Å². The minimum atomic E-state index is -0.890. The third-order valence-corrected chi connectivity index (χ3v) is 8.31. The Morgan fingerprint density at radius 1 is 1.08 bits per heavy atom. The van der Waals surface area contributed by atoms with Crippen LogP contribution in [0.25, 0.3) is 0 Å². The second kappa shape index (κ2) is 11.8. The summed E-state index contributed by atoms with van der Waals surface area (Å²) >= 11 is 1.28. The van der Waals surface area contributed by atoms with Gasteiger partial charge in [0.1, 0.15) is 11.4 Å². The van der Waals surface area contributed by atoms with Gasteiger partial charge in [-0.2, -0.15) is 0 Å². The summed E-state index contributed by atoms with van der Waals surface area (Å²) < 4.78 is 6.15. The molecule has 0 bridgehead atoms. The number of benzene rings is 2. The number of rotatable bonds is 10. The number of ether oxygens (including phenoxy) is 1. The van der Waals surface area contributed by atoms with Crippen molar-refractivity contribution in [3.05, 3.63) is 58.7 Å². The molecule has 2 aromatic rings. The maximum atomic E-state index is 13.5. The predicted molar refractivity (Wildman–Crippen MR) is 144 cm³/mol. The minimum Gasteiger partial charge on any atom is -0.508 e. The Labute approximate surface area is 219 Å². The molecule has 2 N–H and O–H groups in total. The first-order chi connectivity index (χ1) is 17.0. The number of esters is 1. The predicted octanol–water partition coefficient (Wildman–Crippen LogP) is 6.42. The number of carbonyl (C=O) groups is 2. The zero-order chi connectivity index (χ0) is 26.5. The van der Waals surface area contributed by atoms with Gasteiger partial charge in [0, 0.05) is 11.3 Å². The van der Waals surface area contributed by atoms with Gasteiger partial charge in [0.25, 0.3) is 0 Å². The third kappa shape index (κ3) is 6.92. The maximum Gasteiger partial charge on any atom is 0.327 e. The fourth-order valence-electron chi connectivity index (χ4n) is 4.80. The molecule has 1 fully saturated rings. The molecular formula is C30H40O5S. The number of thioether (sulfide) groups is 1. The Hall–Kier alpha value is -2.31. The van der Waals surface area contributed by atoms with E-state index in [0.29, 0.717) is 19.3 Å². The van der Waals surface area contributed by atoms with Crippen molar-refractivity contribution in [2.75, 3.05) is 0 Å². The lowest BCUT2D eigenvalue weighted by molar-refractivity contribution is -0.171. The number of aliphatic hydroxyl groups excluding tert-OH is 1. The van der Waals surface area contributed by atoms with E-state index >= 15 is 0 Å². The highest BCUT2D eigenvalue weighted by Crippen LogP contribution is 2.42. The maximum absolute atomic E-state index is 13.5. The molecule has 196 valence electrons. The highest BCUT2D eigenvalue weighted by atomic mass is 32.2. The van der Waals surface area contributed by atoms with E-state index in [4.69, 9.17) is 4.74 Å². The van der Waals surface area contributed by atoms with Crippen molar-refractivity contribution in [3.8, 4) is 5.75 Å². The van der Waals surface area contributed by atoms with Crippen LogP contribution in [0.5, 0.6) is 5.75 Å². The van der Waals surface area contributed by atoms with Crippen molar-refractivity contribution in [2.24, 2.45) is 0 Å². The first-order valence-electron chi connectivity index (χ1n) is 12.9. The van der Waals surface area contributed by atoms with Crippen LogP contribution in [-0.2, 0) is 32.8 Å². The Bertz CT molecular complexity index is 1050. The summed E-state index contributed by atoms with van der Waals surface area (Å²) in [6, 6.07) is 11.0. The molecule has 0 spiro atoms. The smallest absolute Gasteiger partial charge is 0.327 e. The Morgan fingerprint density at radius 2 is 1.78 bits per heavy atom. The summed E-state index contributed by atoms with van der Waals surface area (Å²) in [7, 11) is 0. The first-order valence-corrected chi connectivity index (χ1v) is 13.8. The van der Waals surface area contributed by atoms with Crippen LogP contribution in [0.1, 0.15) is 88.5 Å². The number of hydrogen-bond acceptors (Lipinski definition) is 6. The van der Waals surface area contributed by atoms with E-state index in [-0.39, 0.29) is 30.0 Å². The highest BCUT2D eigenvalue weighted by molar-refractivity contribution is 8.01. The number of Topliss-reactive ketones (excluding diaryl/α,β-unsaturated/α-hetero) is 1. The second-order valence-corrected chi connectivity index (χ2v) is 12.2. The van der Waals surface area contributed by atoms with Crippen LogP contribution in [0.3, 0.4) is 0 Å². The molecule has 0 saturated carbocycles. The van der Waals surface area contributed by atoms with Crippen molar-refractivity contribution < 1.29 is 24.5 Å². The second-order valence-electron chi connectivity index (χ2n) is 11.1. The number of aromatic hydroxyl groups is 1. The molecule has 3 rings (SSSR count). The number of unbranched alkanes of at least 4 members (excludes halogenated alkanes) is 2. The number of phenols is 1. The molecule has 36 heavy (non-hydrogen) atoms. The first kappa shape index (κ1) is 28.3. The van der Waals surface area contributed by atoms with Crippen LogP contribution in [0.2, 0.25) is 0 Å². The van der Waals surface area contributed by atoms with E-state index in [2.05, 4.69) is 27.7 Å². The molecule has 6 heteroatoms. The zero-order valence-corrected chi connectivity index (χ0v) is 23.0. The molecule has 2 atom stereocenters. The van der Waals surface area contributed by atoms with E-state index in [1.54, 1.807) is 12.1 Å². The molecule has 0 radical (unpaired) electrons. The van der Waals surface area contributed by atoms with E-state index < -0.39 is 16.8 Å². The van der Waals surface area contributed by atoms with E-state index in [1.165, 1.54) is 11.8 Å². The number of aryl methyl sites for hydroxylation is 2. The van der Waals surface area contributed by atoms with Gasteiger partial charge in [-0.1, -0.05) is 58.7 Å². The Kier molecular flexibility index (Phi) is 9.28. The fraction of sp³-hybridized carbons (Fsp3) is 0.533. The van der Waals surface area contributed by atoms with Gasteiger partial charge < -0.3 is 14.9 Å². The fourth-order valence-corrected chi connectivity index (χ4v) is 6.15. The van der Waals surface area contributed by atoms with Gasteiger partial charge in [0.15, 0.2) is 11.0 Å². The summed E-state index contributed by atoms with van der Waals surface area (Å²) in [4.78, 5) is 27.7. The van der Waals surface area contributed by atoms with Crippen molar-refractivity contribution >= 4 is 23.5 Å². The van der Waals surface area contributed by atoms with Crippen LogP contribution in [0, 0.1) is 6.92 Å². The Morgan fingerprint density at radius 3 is 2.36 bits per heavy atom. The lowest BCUT2D eigenvalue weighted by Crippen LogP contribution is -2.49. The number of ketones is 1. The minimum absolute atomic E-state index is 0.0500. The van der Waals surface area contributed by atoms with Crippen LogP contribution in [0.15, 0.2) is 41.3 Å². The molecule has 2 unspecified atom stereocenters. The average molecular weight is 513 g/mol. The van der Waals surface area contributed by atoms with Gasteiger partial charge in [0.2, 0.25) is 0 Å². The summed E-state index contributed by atoms with van der Waals surface area (Å²) in [6.07, 6.45) is 5.11. The molecule has 0 aliphatic carbocycles. The normalized spacial score (nSPS) is 20.4. The molecule has 1 saturated heterocycles. The molecule has 2 aromatic carbocycles. The number of aliphatic hydroxyl groups is 1. The lowest BCUT2D eigenvalue weighted by Gasteiger charge is -2.39. The third-order valence-electron chi connectivity index (χ3n) is 7.02. The Balaban J connectivity index is 1.83. The molecular weight excluding hydrogens is 472 g/mol. The highest BCUT2D eigenvalue weighted by Gasteiger charge is 2.47. The van der Waals surface area contributed by atoms with E-state index in [9.17, 15) is 19.8 Å². The molecule has 1 aliphatic heterocycles. The molecule has 1 aliphatic rings. The molecule has 5 nitrogen and oxygen atoms in total. The molecule has 1 heterocycles. The summed E-state index contributed by atoms with van der Waals surface area (Å²) in [6.45, 7) is 10.3. The van der Waals surface area contributed by atoms with Gasteiger partial charge in [0.05, 0.1) is 6.61 Å². The standard InChI is InChI=1S/C30H40O5S/c1-6-7-8-14-30(15-13-21-9-11-23(32)12-10-21)18-25(33)27(28(34)35-30)36-26-16-20(2)22(19-31)17-24(26)29(3,4)5/h9-12,16-17,27,31-32H,6-8,13-15,18-19H2,1-5H3. The number of carbonyl (C=O) groups excluding carboxylic acids is 2. The number of cyclic esters (lactones) is 1. The number of hydrogen-bond donors (Lipinski definition) is 2. The SMILES string of the molecule is CCCCCC1(CCc2ccc(O)cc2)CC(=O)C(Sc2cc(C)c(CO)cc2C(C)(C)C)C(=O)O1. The van der Waals surface area contributed by atoms with Gasteiger partial charge >= 0.3 is 5.97 Å². The topological polar surface area (TPSA) is 83.8 Å². The largest absolute Gasteiger partial charge is 0.508 e. The van der Waals surface area contributed by atoms with Gasteiger partial charge in [-0.05, 0) is 78.5 Å². The van der Waals surface area contributed by atoms with Gasteiger partial charge in [-0.25, -0.2) is 0 Å². The van der Waals surface area contributed by atoms with Crippen LogP contribution < -0.4 is 0 Å². The van der Waals surface area contributed by atoms with Crippen molar-refractivity contribution in [1.29, 1.82) is 0 Å². The van der Waals surface area contributed by atoms with Crippen molar-refractivity contribution in [2.45, 2.75) is 107 Å². The van der Waals surface area contributed by atoms with Crippen LogP contribution >= 0.6 is 11.8 Å². The lowest BCUT2D eigenvalue weighted by atomic mass is 9.82. The summed E-state index contributed by atoms with van der Waals surface area (Å²) in [5.74, 6) is -0.322. The van der Waals surface area contributed by atoms with Crippen molar-refractivity contribution in [1.82, 2.24) is 0 Å². The monoisotopic (exact) mass is 512 g/mol.